The molecule has 1 atom stereocenters. The SMILES string of the molecule is Cc1ccc(C2(C)C(=O)Nc3ccccc32)cc1. The predicted octanol–water partition coefficient (Wildman–Crippen LogP) is 3.25. The van der Waals surface area contributed by atoms with E-state index in [4.69, 9.17) is 0 Å². The number of anilines is 1. The van der Waals surface area contributed by atoms with Gasteiger partial charge in [-0.25, -0.2) is 0 Å². The Hall–Kier alpha value is -2.09. The zero-order valence-electron chi connectivity index (χ0n) is 10.5. The number of carbonyl (C=O) groups excluding carboxylic acids is 1. The molecule has 0 aromatic heterocycles. The van der Waals surface area contributed by atoms with Gasteiger partial charge in [-0.2, -0.15) is 0 Å². The monoisotopic (exact) mass is 237 g/mol. The Morgan fingerprint density at radius 2 is 1.67 bits per heavy atom. The van der Waals surface area contributed by atoms with Gasteiger partial charge in [-0.3, -0.25) is 4.79 Å². The van der Waals surface area contributed by atoms with Gasteiger partial charge in [0.15, 0.2) is 0 Å². The zero-order valence-corrected chi connectivity index (χ0v) is 10.5. The van der Waals surface area contributed by atoms with Gasteiger partial charge < -0.3 is 5.32 Å². The van der Waals surface area contributed by atoms with Gasteiger partial charge in [0.25, 0.3) is 0 Å². The summed E-state index contributed by atoms with van der Waals surface area (Å²) in [6.45, 7) is 4.04. The van der Waals surface area contributed by atoms with Gasteiger partial charge in [-0.1, -0.05) is 48.0 Å². The molecule has 1 heterocycles. The number of para-hydroxylation sites is 1. The van der Waals surface area contributed by atoms with Crippen LogP contribution >= 0.6 is 0 Å². The lowest BCUT2D eigenvalue weighted by Gasteiger charge is -2.23. The van der Waals surface area contributed by atoms with Crippen LogP contribution in [0.4, 0.5) is 5.69 Å². The van der Waals surface area contributed by atoms with Crippen molar-refractivity contribution in [1.82, 2.24) is 0 Å². The van der Waals surface area contributed by atoms with E-state index in [9.17, 15) is 4.79 Å². The summed E-state index contributed by atoms with van der Waals surface area (Å²) < 4.78 is 0. The van der Waals surface area contributed by atoms with Crippen molar-refractivity contribution >= 4 is 11.6 Å². The van der Waals surface area contributed by atoms with E-state index in [1.54, 1.807) is 0 Å². The van der Waals surface area contributed by atoms with Gasteiger partial charge >= 0.3 is 0 Å². The predicted molar refractivity (Wildman–Crippen MR) is 72.7 cm³/mol. The third-order valence-electron chi connectivity index (χ3n) is 3.80. The minimum absolute atomic E-state index is 0.0487. The molecule has 1 aliphatic rings. The summed E-state index contributed by atoms with van der Waals surface area (Å²) in [6.07, 6.45) is 0. The van der Waals surface area contributed by atoms with E-state index in [0.717, 1.165) is 16.8 Å². The minimum Gasteiger partial charge on any atom is -0.325 e. The highest BCUT2D eigenvalue weighted by Crippen LogP contribution is 2.42. The summed E-state index contributed by atoms with van der Waals surface area (Å²) in [5.74, 6) is 0.0487. The Morgan fingerprint density at radius 1 is 1.00 bits per heavy atom. The van der Waals surface area contributed by atoms with E-state index in [-0.39, 0.29) is 5.91 Å². The van der Waals surface area contributed by atoms with E-state index >= 15 is 0 Å². The molecule has 2 nitrogen and oxygen atoms in total. The second-order valence-corrected chi connectivity index (χ2v) is 4.99. The number of rotatable bonds is 1. The molecule has 0 aliphatic carbocycles. The fraction of sp³-hybridized carbons (Fsp3) is 0.188. The number of nitrogens with one attached hydrogen (secondary N) is 1. The van der Waals surface area contributed by atoms with E-state index in [2.05, 4.69) is 24.4 Å². The molecule has 1 amide bonds. The molecular formula is C16H15NO. The van der Waals surface area contributed by atoms with Crippen LogP contribution in [0.1, 0.15) is 23.6 Å². The van der Waals surface area contributed by atoms with Crippen molar-refractivity contribution in [2.24, 2.45) is 0 Å². The molecule has 0 saturated carbocycles. The molecule has 0 radical (unpaired) electrons. The molecule has 0 saturated heterocycles. The van der Waals surface area contributed by atoms with Crippen LogP contribution in [0.2, 0.25) is 0 Å². The average molecular weight is 237 g/mol. The fourth-order valence-corrected chi connectivity index (χ4v) is 2.57. The van der Waals surface area contributed by atoms with Gasteiger partial charge in [0.1, 0.15) is 0 Å². The normalized spacial score (nSPS) is 21.6. The van der Waals surface area contributed by atoms with E-state index in [1.807, 2.05) is 43.3 Å². The van der Waals surface area contributed by atoms with Gasteiger partial charge in [-0.05, 0) is 31.0 Å². The van der Waals surface area contributed by atoms with E-state index in [0.29, 0.717) is 0 Å². The minimum atomic E-state index is -0.579. The number of carbonyl (C=O) groups is 1. The van der Waals surface area contributed by atoms with E-state index < -0.39 is 5.41 Å². The topological polar surface area (TPSA) is 29.1 Å². The second-order valence-electron chi connectivity index (χ2n) is 4.99. The first kappa shape index (κ1) is 11.0. The third-order valence-corrected chi connectivity index (χ3v) is 3.80. The zero-order chi connectivity index (χ0) is 12.8. The van der Waals surface area contributed by atoms with Crippen molar-refractivity contribution in [1.29, 1.82) is 0 Å². The van der Waals surface area contributed by atoms with Crippen LogP contribution < -0.4 is 5.32 Å². The number of benzene rings is 2. The Bertz CT molecular complexity index is 615. The molecule has 2 aromatic carbocycles. The highest BCUT2D eigenvalue weighted by molar-refractivity contribution is 6.08. The van der Waals surface area contributed by atoms with Crippen molar-refractivity contribution in [2.45, 2.75) is 19.3 Å². The summed E-state index contributed by atoms with van der Waals surface area (Å²) in [6, 6.07) is 16.1. The lowest BCUT2D eigenvalue weighted by molar-refractivity contribution is -0.119. The largest absolute Gasteiger partial charge is 0.325 e. The molecule has 0 spiro atoms. The van der Waals surface area contributed by atoms with Crippen LogP contribution in [0, 0.1) is 6.92 Å². The van der Waals surface area contributed by atoms with Crippen LogP contribution in [0.5, 0.6) is 0 Å². The Morgan fingerprint density at radius 3 is 2.39 bits per heavy atom. The van der Waals surface area contributed by atoms with Gasteiger partial charge in [0.05, 0.1) is 5.41 Å². The third kappa shape index (κ3) is 1.39. The molecule has 2 heteroatoms. The molecule has 1 N–H and O–H groups in total. The van der Waals surface area contributed by atoms with Crippen LogP contribution in [0.15, 0.2) is 48.5 Å². The van der Waals surface area contributed by atoms with Crippen molar-refractivity contribution in [3.05, 3.63) is 65.2 Å². The Kier molecular flexibility index (Phi) is 2.27. The average Bonchev–Trinajstić information content (AvgIpc) is 2.64. The first-order valence-electron chi connectivity index (χ1n) is 6.10. The van der Waals surface area contributed by atoms with Crippen molar-refractivity contribution in [3.63, 3.8) is 0 Å². The molecule has 2 aromatic rings. The molecule has 3 rings (SSSR count). The lowest BCUT2D eigenvalue weighted by atomic mass is 9.77. The highest BCUT2D eigenvalue weighted by atomic mass is 16.2. The molecule has 0 fully saturated rings. The number of hydrogen-bond donors (Lipinski definition) is 1. The van der Waals surface area contributed by atoms with Gasteiger partial charge in [-0.15, -0.1) is 0 Å². The Labute approximate surface area is 107 Å². The smallest absolute Gasteiger partial charge is 0.239 e. The molecule has 1 unspecified atom stereocenters. The highest BCUT2D eigenvalue weighted by Gasteiger charge is 2.43. The second kappa shape index (κ2) is 3.70. The van der Waals surface area contributed by atoms with E-state index in [1.165, 1.54) is 5.56 Å². The lowest BCUT2D eigenvalue weighted by Crippen LogP contribution is -2.32. The van der Waals surface area contributed by atoms with Crippen molar-refractivity contribution < 1.29 is 4.79 Å². The molecular weight excluding hydrogens is 222 g/mol. The first-order chi connectivity index (χ1) is 8.62. The van der Waals surface area contributed by atoms with Crippen molar-refractivity contribution in [3.8, 4) is 0 Å². The summed E-state index contributed by atoms with van der Waals surface area (Å²) in [4.78, 5) is 12.3. The number of fused-ring (bicyclic) bond motifs is 1. The number of amides is 1. The quantitative estimate of drug-likeness (QED) is 0.810. The maximum Gasteiger partial charge on any atom is 0.239 e. The standard InChI is InChI=1S/C16H15NO/c1-11-7-9-12(10-8-11)16(2)13-5-3-4-6-14(13)17-15(16)18/h3-10H,1-2H3,(H,17,18). The van der Waals surface area contributed by atoms with Gasteiger partial charge in [0, 0.05) is 5.69 Å². The van der Waals surface area contributed by atoms with Gasteiger partial charge in [0.2, 0.25) is 5.91 Å². The summed E-state index contributed by atoms with van der Waals surface area (Å²) in [7, 11) is 0. The molecule has 1 aliphatic heterocycles. The van der Waals surface area contributed by atoms with Crippen LogP contribution in [-0.4, -0.2) is 5.91 Å². The van der Waals surface area contributed by atoms with Crippen molar-refractivity contribution in [2.75, 3.05) is 5.32 Å². The maximum absolute atomic E-state index is 12.3. The summed E-state index contributed by atoms with van der Waals surface area (Å²) >= 11 is 0. The fourth-order valence-electron chi connectivity index (χ4n) is 2.57. The van der Waals surface area contributed by atoms with Crippen LogP contribution in [-0.2, 0) is 10.2 Å². The Balaban J connectivity index is 2.20. The summed E-state index contributed by atoms with van der Waals surface area (Å²) in [5, 5.41) is 2.96. The van der Waals surface area contributed by atoms with Crippen LogP contribution in [0.25, 0.3) is 0 Å². The summed E-state index contributed by atoms with van der Waals surface area (Å²) in [5.41, 5.74) is 3.64. The molecule has 18 heavy (non-hydrogen) atoms. The molecule has 0 bridgehead atoms. The molecule has 90 valence electrons. The maximum atomic E-state index is 12.3. The first-order valence-corrected chi connectivity index (χ1v) is 6.10. The number of hydrogen-bond acceptors (Lipinski definition) is 1. The number of aryl methyl sites for hydroxylation is 1. The van der Waals surface area contributed by atoms with Crippen LogP contribution in [0.3, 0.4) is 0 Å².